The molecule has 5 unspecified atom stereocenters. The number of rotatable bonds is 24. The largest absolute Gasteiger partial charge is 0.354 e. The molecule has 326 valence electrons. The zero-order valence-electron chi connectivity index (χ0n) is 36.0. The Morgan fingerprint density at radius 3 is 1.13 bits per heavy atom. The van der Waals surface area contributed by atoms with E-state index in [1.54, 1.807) is 0 Å². The van der Waals surface area contributed by atoms with E-state index >= 15 is 0 Å². The number of hydrogen-bond acceptors (Lipinski definition) is 7. The number of carbonyl (C=O) groups is 6. The van der Waals surface area contributed by atoms with Gasteiger partial charge in [0.25, 0.3) is 0 Å². The van der Waals surface area contributed by atoms with Crippen molar-refractivity contribution in [3.05, 3.63) is 108 Å². The molecular formula is C46H66N8O6. The summed E-state index contributed by atoms with van der Waals surface area (Å²) >= 11 is 0. The maximum absolute atomic E-state index is 14.3. The number of nitrogens with one attached hydrogen (secondary N) is 7. The summed E-state index contributed by atoms with van der Waals surface area (Å²) < 4.78 is 0. The van der Waals surface area contributed by atoms with Gasteiger partial charge in [-0.1, -0.05) is 119 Å². The lowest BCUT2D eigenvalue weighted by Gasteiger charge is -2.28. The van der Waals surface area contributed by atoms with Gasteiger partial charge in [0, 0.05) is 31.8 Å². The third-order valence-electron chi connectivity index (χ3n) is 9.52. The van der Waals surface area contributed by atoms with Gasteiger partial charge < -0.3 is 43.0 Å². The third kappa shape index (κ3) is 18.0. The number of benzene rings is 3. The van der Waals surface area contributed by atoms with Crippen LogP contribution in [0, 0.1) is 11.8 Å². The maximum Gasteiger partial charge on any atom is 0.315 e. The lowest BCUT2D eigenvalue weighted by Crippen LogP contribution is -2.60. The van der Waals surface area contributed by atoms with Crippen LogP contribution in [0.25, 0.3) is 0 Å². The zero-order chi connectivity index (χ0) is 44.0. The molecule has 3 aromatic rings. The molecule has 0 radical (unpaired) electrons. The van der Waals surface area contributed by atoms with E-state index in [2.05, 4.69) is 37.2 Å². The van der Waals surface area contributed by atoms with Crippen LogP contribution in [0.15, 0.2) is 91.0 Å². The van der Waals surface area contributed by atoms with Crippen LogP contribution in [0.4, 0.5) is 4.79 Å². The number of hydrogen-bond donors (Lipinski definition) is 8. The van der Waals surface area contributed by atoms with Crippen molar-refractivity contribution < 1.29 is 28.8 Å². The molecule has 60 heavy (non-hydrogen) atoms. The average molecular weight is 827 g/mol. The van der Waals surface area contributed by atoms with Gasteiger partial charge >= 0.3 is 6.03 Å². The van der Waals surface area contributed by atoms with Gasteiger partial charge in [0.1, 0.15) is 30.2 Å². The Kier molecular flexibility index (Phi) is 20.8. The minimum atomic E-state index is -1.15. The summed E-state index contributed by atoms with van der Waals surface area (Å²) in [5, 5.41) is 19.8. The number of nitrogens with two attached hydrogens (primary N) is 1. The van der Waals surface area contributed by atoms with Crippen LogP contribution in [0.2, 0.25) is 0 Å². The number of urea groups is 1. The first-order chi connectivity index (χ1) is 28.6. The lowest BCUT2D eigenvalue weighted by atomic mass is 9.98. The highest BCUT2D eigenvalue weighted by atomic mass is 16.2. The fraction of sp³-hybridized carbons (Fsp3) is 0.478. The van der Waals surface area contributed by atoms with E-state index in [4.69, 9.17) is 5.73 Å². The molecule has 0 aliphatic carbocycles. The minimum Gasteiger partial charge on any atom is -0.354 e. The summed E-state index contributed by atoms with van der Waals surface area (Å²) in [5.41, 5.74) is 8.05. The van der Waals surface area contributed by atoms with Gasteiger partial charge in [-0.3, -0.25) is 24.0 Å². The van der Waals surface area contributed by atoms with E-state index in [9.17, 15) is 28.8 Å². The third-order valence-corrected chi connectivity index (χ3v) is 9.52. The van der Waals surface area contributed by atoms with E-state index in [0.717, 1.165) is 16.7 Å². The molecule has 14 nitrogen and oxygen atoms in total. The van der Waals surface area contributed by atoms with Crippen molar-refractivity contribution >= 4 is 35.6 Å². The lowest BCUT2D eigenvalue weighted by molar-refractivity contribution is -0.135. The Bertz CT molecular complexity index is 1790. The van der Waals surface area contributed by atoms with Crippen molar-refractivity contribution in [2.24, 2.45) is 17.6 Å². The summed E-state index contributed by atoms with van der Waals surface area (Å²) in [4.78, 5) is 82.7. The summed E-state index contributed by atoms with van der Waals surface area (Å²) in [6.07, 6.45) is 1.55. The molecule has 5 atom stereocenters. The Morgan fingerprint density at radius 2 is 0.783 bits per heavy atom. The van der Waals surface area contributed by atoms with E-state index in [1.165, 1.54) is 0 Å². The van der Waals surface area contributed by atoms with Crippen molar-refractivity contribution in [1.82, 2.24) is 37.2 Å². The second-order valence-corrected chi connectivity index (χ2v) is 16.3. The minimum absolute atomic E-state index is 0.0279. The normalized spacial score (nSPS) is 13.6. The molecule has 0 heterocycles. The monoisotopic (exact) mass is 827 g/mol. The van der Waals surface area contributed by atoms with Crippen LogP contribution in [-0.4, -0.2) is 84.9 Å². The van der Waals surface area contributed by atoms with E-state index < -0.39 is 59.9 Å². The standard InChI is InChI=1S/C46H66N8O6/c1-30(2)25-36(42(56)52-38(41(55)48-24-16-23-47)27-33-17-10-7-11-18-33)50-44(58)39(28-34-19-12-8-13-20-34)53-43(57)37(26-31(3)4)51-45(59)40(54-46(60)49-32(5)6)29-35-21-14-9-15-22-35/h7-15,17-22,30-32,36-40H,16,23-29,47H2,1-6H3,(H,48,55)(H,50,58)(H,51,59)(H,52,56)(H,53,57)(H2,49,54,60). The van der Waals surface area contributed by atoms with Crippen molar-refractivity contribution in [2.75, 3.05) is 13.1 Å². The van der Waals surface area contributed by atoms with Gasteiger partial charge in [-0.15, -0.1) is 0 Å². The second-order valence-electron chi connectivity index (χ2n) is 16.3. The van der Waals surface area contributed by atoms with E-state index in [-0.39, 0.29) is 55.9 Å². The highest BCUT2D eigenvalue weighted by Crippen LogP contribution is 2.13. The number of carbonyl (C=O) groups excluding carboxylic acids is 6. The quantitative estimate of drug-likeness (QED) is 0.0631. The summed E-state index contributed by atoms with van der Waals surface area (Å²) in [6, 6.07) is 21.8. The Hall–Kier alpha value is -5.76. The molecule has 0 fully saturated rings. The molecule has 0 spiro atoms. The molecule has 3 rings (SSSR count). The van der Waals surface area contributed by atoms with Gasteiger partial charge in [0.2, 0.25) is 29.5 Å². The summed E-state index contributed by atoms with van der Waals surface area (Å²) in [7, 11) is 0. The van der Waals surface area contributed by atoms with Gasteiger partial charge in [-0.25, -0.2) is 4.79 Å². The Balaban J connectivity index is 1.88. The predicted octanol–water partition coefficient (Wildman–Crippen LogP) is 3.29. The smallest absolute Gasteiger partial charge is 0.315 e. The fourth-order valence-electron chi connectivity index (χ4n) is 6.57. The first kappa shape index (κ1) is 48.6. The van der Waals surface area contributed by atoms with Gasteiger partial charge in [-0.05, 0) is 68.2 Å². The second kappa shape index (κ2) is 25.7. The summed E-state index contributed by atoms with van der Waals surface area (Å²) in [5.74, 6) is -2.75. The predicted molar refractivity (Wildman–Crippen MR) is 234 cm³/mol. The van der Waals surface area contributed by atoms with Crippen molar-refractivity contribution in [1.29, 1.82) is 0 Å². The van der Waals surface area contributed by atoms with E-state index in [1.807, 2.05) is 133 Å². The molecule has 14 heteroatoms. The molecule has 0 bridgehead atoms. The molecule has 7 amide bonds. The van der Waals surface area contributed by atoms with Gasteiger partial charge in [0.15, 0.2) is 0 Å². The molecule has 0 aromatic heterocycles. The van der Waals surface area contributed by atoms with Gasteiger partial charge in [0.05, 0.1) is 0 Å². The maximum atomic E-state index is 14.3. The molecule has 9 N–H and O–H groups in total. The number of amides is 7. The Morgan fingerprint density at radius 1 is 0.450 bits per heavy atom. The Labute approximate surface area is 355 Å². The first-order valence-corrected chi connectivity index (χ1v) is 21.0. The van der Waals surface area contributed by atoms with Crippen LogP contribution in [-0.2, 0) is 43.2 Å². The van der Waals surface area contributed by atoms with Crippen molar-refractivity contribution in [3.8, 4) is 0 Å². The topological polar surface area (TPSA) is 213 Å². The highest BCUT2D eigenvalue weighted by molar-refractivity contribution is 5.96. The molecular weight excluding hydrogens is 761 g/mol. The van der Waals surface area contributed by atoms with E-state index in [0.29, 0.717) is 19.5 Å². The zero-order valence-corrected chi connectivity index (χ0v) is 36.0. The fourth-order valence-corrected chi connectivity index (χ4v) is 6.57. The van der Waals surface area contributed by atoms with Crippen LogP contribution >= 0.6 is 0 Å². The molecule has 3 aromatic carbocycles. The van der Waals surface area contributed by atoms with Gasteiger partial charge in [-0.2, -0.15) is 0 Å². The van der Waals surface area contributed by atoms with Crippen LogP contribution in [0.1, 0.15) is 77.5 Å². The van der Waals surface area contributed by atoms with Crippen LogP contribution in [0.5, 0.6) is 0 Å². The average Bonchev–Trinajstić information content (AvgIpc) is 3.20. The molecule has 0 saturated carbocycles. The van der Waals surface area contributed by atoms with Crippen molar-refractivity contribution in [3.63, 3.8) is 0 Å². The molecule has 0 aliphatic rings. The molecule has 0 aliphatic heterocycles. The molecule has 0 saturated heterocycles. The first-order valence-electron chi connectivity index (χ1n) is 21.0. The van der Waals surface area contributed by atoms with Crippen LogP contribution < -0.4 is 43.0 Å². The van der Waals surface area contributed by atoms with Crippen LogP contribution in [0.3, 0.4) is 0 Å². The SMILES string of the molecule is CC(C)CC(NC(=O)C(Cc1ccccc1)NC(=O)NC(C)C)C(=O)NC(Cc1ccccc1)C(=O)NC(CC(C)C)C(=O)NC(Cc1ccccc1)C(=O)NCCCN. The van der Waals surface area contributed by atoms with Crippen molar-refractivity contribution in [2.45, 2.75) is 116 Å². The highest BCUT2D eigenvalue weighted by Gasteiger charge is 2.33. The summed E-state index contributed by atoms with van der Waals surface area (Å²) in [6.45, 7) is 12.0.